The van der Waals surface area contributed by atoms with Gasteiger partial charge in [-0.15, -0.1) is 0 Å². The largest absolute Gasteiger partial charge is 0.493 e. The summed E-state index contributed by atoms with van der Waals surface area (Å²) in [5, 5.41) is 0. The normalized spacial score (nSPS) is 19.6. The van der Waals surface area contributed by atoms with E-state index in [9.17, 15) is 8.78 Å². The fraction of sp³-hybridized carbons (Fsp3) is 0.486. The molecular formula is C35H44F2N2O3. The van der Waals surface area contributed by atoms with E-state index >= 15 is 0 Å². The third-order valence-corrected chi connectivity index (χ3v) is 9.23. The monoisotopic (exact) mass is 578 g/mol. The van der Waals surface area contributed by atoms with Gasteiger partial charge in [-0.05, 0) is 97.3 Å². The SMILES string of the molecule is CCC1(CCN2CCN(CCCC(c3ccc(F)cc3)c3ccc(F)cc3)CC2)OCCc2cc(OC)c(OC)cc21. The predicted molar refractivity (Wildman–Crippen MR) is 163 cm³/mol. The van der Waals surface area contributed by atoms with Crippen molar-refractivity contribution < 1.29 is 23.0 Å². The average molecular weight is 579 g/mol. The lowest BCUT2D eigenvalue weighted by Gasteiger charge is -2.41. The van der Waals surface area contributed by atoms with Gasteiger partial charge in [0.2, 0.25) is 0 Å². The van der Waals surface area contributed by atoms with E-state index in [1.54, 1.807) is 14.2 Å². The molecule has 0 aliphatic carbocycles. The van der Waals surface area contributed by atoms with Gasteiger partial charge in [-0.2, -0.15) is 0 Å². The van der Waals surface area contributed by atoms with Gasteiger partial charge in [0, 0.05) is 38.6 Å². The Morgan fingerprint density at radius 2 is 1.36 bits per heavy atom. The van der Waals surface area contributed by atoms with Crippen LogP contribution in [0.25, 0.3) is 0 Å². The molecule has 0 N–H and O–H groups in total. The number of piperazine rings is 1. The molecule has 0 radical (unpaired) electrons. The number of hydrogen-bond donors (Lipinski definition) is 0. The summed E-state index contributed by atoms with van der Waals surface area (Å²) >= 11 is 0. The minimum absolute atomic E-state index is 0.120. The Balaban J connectivity index is 1.14. The predicted octanol–water partition coefficient (Wildman–Crippen LogP) is 6.78. The first-order valence-electron chi connectivity index (χ1n) is 15.3. The van der Waals surface area contributed by atoms with Crippen molar-refractivity contribution in [2.24, 2.45) is 0 Å². The van der Waals surface area contributed by atoms with Crippen LogP contribution in [0, 0.1) is 11.6 Å². The van der Waals surface area contributed by atoms with E-state index in [1.165, 1.54) is 35.4 Å². The molecule has 1 fully saturated rings. The van der Waals surface area contributed by atoms with Crippen LogP contribution < -0.4 is 9.47 Å². The molecule has 2 aliphatic rings. The van der Waals surface area contributed by atoms with Crippen molar-refractivity contribution in [2.75, 3.05) is 60.1 Å². The number of methoxy groups -OCH3 is 2. The summed E-state index contributed by atoms with van der Waals surface area (Å²) in [6.07, 6.45) is 4.71. The first kappa shape index (κ1) is 30.5. The van der Waals surface area contributed by atoms with Gasteiger partial charge in [0.1, 0.15) is 11.6 Å². The van der Waals surface area contributed by atoms with E-state index in [1.807, 2.05) is 24.3 Å². The molecule has 0 spiro atoms. The van der Waals surface area contributed by atoms with Crippen LogP contribution in [-0.4, -0.2) is 69.9 Å². The molecule has 0 saturated carbocycles. The lowest BCUT2D eigenvalue weighted by molar-refractivity contribution is -0.0755. The van der Waals surface area contributed by atoms with Crippen LogP contribution in [0.4, 0.5) is 8.78 Å². The lowest BCUT2D eigenvalue weighted by Crippen LogP contribution is -2.48. The zero-order valence-corrected chi connectivity index (χ0v) is 25.2. The molecule has 3 aromatic rings. The Morgan fingerprint density at radius 3 is 1.90 bits per heavy atom. The first-order valence-corrected chi connectivity index (χ1v) is 15.3. The number of fused-ring (bicyclic) bond motifs is 1. The maximum atomic E-state index is 13.6. The third kappa shape index (κ3) is 6.96. The van der Waals surface area contributed by atoms with Gasteiger partial charge >= 0.3 is 0 Å². The number of nitrogens with zero attached hydrogens (tertiary/aromatic N) is 2. The van der Waals surface area contributed by atoms with Crippen LogP contribution in [0.2, 0.25) is 0 Å². The van der Waals surface area contributed by atoms with Crippen LogP contribution in [0.1, 0.15) is 60.8 Å². The molecule has 0 amide bonds. The van der Waals surface area contributed by atoms with Gasteiger partial charge in [-0.25, -0.2) is 8.78 Å². The molecule has 3 aromatic carbocycles. The second-order valence-electron chi connectivity index (χ2n) is 11.5. The highest BCUT2D eigenvalue weighted by Crippen LogP contribution is 2.43. The first-order chi connectivity index (χ1) is 20.4. The van der Waals surface area contributed by atoms with E-state index in [2.05, 4.69) is 28.9 Å². The maximum Gasteiger partial charge on any atom is 0.161 e. The molecule has 0 bridgehead atoms. The Bertz CT molecular complexity index is 1250. The number of hydrogen-bond acceptors (Lipinski definition) is 5. The highest BCUT2D eigenvalue weighted by molar-refractivity contribution is 5.50. The second-order valence-corrected chi connectivity index (χ2v) is 11.5. The topological polar surface area (TPSA) is 34.2 Å². The standard InChI is InChI=1S/C35H44F2N2O3/c1-4-35(32-25-34(41-3)33(40-2)24-28(32)15-23-42-35)16-18-39-21-19-38(20-22-39)17-5-6-31(26-7-11-29(36)12-8-26)27-9-13-30(37)14-10-27/h7-14,24-25,31H,4-6,15-23H2,1-3H3. The number of ether oxygens (including phenoxy) is 3. The van der Waals surface area contributed by atoms with Crippen LogP contribution in [0.5, 0.6) is 11.5 Å². The molecule has 42 heavy (non-hydrogen) atoms. The Hall–Kier alpha value is -3.00. The van der Waals surface area contributed by atoms with Gasteiger partial charge in [-0.3, -0.25) is 0 Å². The number of benzene rings is 3. The zero-order valence-electron chi connectivity index (χ0n) is 25.2. The summed E-state index contributed by atoms with van der Waals surface area (Å²) in [7, 11) is 3.37. The highest BCUT2D eigenvalue weighted by atomic mass is 19.1. The van der Waals surface area contributed by atoms with Crippen molar-refractivity contribution in [3.05, 3.63) is 94.6 Å². The fourth-order valence-electron chi connectivity index (χ4n) is 6.67. The molecule has 1 unspecified atom stereocenters. The van der Waals surface area contributed by atoms with E-state index in [4.69, 9.17) is 14.2 Å². The average Bonchev–Trinajstić information content (AvgIpc) is 3.03. The van der Waals surface area contributed by atoms with Crippen LogP contribution in [0.3, 0.4) is 0 Å². The van der Waals surface area contributed by atoms with Crippen LogP contribution in [-0.2, 0) is 16.8 Å². The Morgan fingerprint density at radius 1 is 0.810 bits per heavy atom. The summed E-state index contributed by atoms with van der Waals surface area (Å²) in [4.78, 5) is 5.11. The summed E-state index contributed by atoms with van der Waals surface area (Å²) in [5.74, 6) is 1.18. The van der Waals surface area contributed by atoms with Crippen molar-refractivity contribution >= 4 is 0 Å². The number of rotatable bonds is 12. The summed E-state index contributed by atoms with van der Waals surface area (Å²) in [6, 6.07) is 17.7. The van der Waals surface area contributed by atoms with Gasteiger partial charge in [-0.1, -0.05) is 31.2 Å². The van der Waals surface area contributed by atoms with E-state index < -0.39 is 0 Å². The quantitative estimate of drug-likeness (QED) is 0.237. The molecule has 7 heteroatoms. The smallest absolute Gasteiger partial charge is 0.161 e. The Kier molecular flexibility index (Phi) is 10.1. The molecular weight excluding hydrogens is 534 g/mol. The molecule has 1 atom stereocenters. The van der Waals surface area contributed by atoms with Crippen molar-refractivity contribution in [3.8, 4) is 11.5 Å². The van der Waals surface area contributed by atoms with Crippen LogP contribution >= 0.6 is 0 Å². The number of halogens is 2. The van der Waals surface area contributed by atoms with Crippen LogP contribution in [0.15, 0.2) is 60.7 Å². The van der Waals surface area contributed by atoms with Gasteiger partial charge in [0.15, 0.2) is 11.5 Å². The van der Waals surface area contributed by atoms with Gasteiger partial charge in [0.05, 0.1) is 26.4 Å². The molecule has 226 valence electrons. The molecule has 5 nitrogen and oxygen atoms in total. The Labute approximate surface area is 249 Å². The summed E-state index contributed by atoms with van der Waals surface area (Å²) in [5.41, 5.74) is 4.37. The van der Waals surface area contributed by atoms with E-state index in [0.29, 0.717) is 0 Å². The highest BCUT2D eigenvalue weighted by Gasteiger charge is 2.38. The van der Waals surface area contributed by atoms with Gasteiger partial charge < -0.3 is 24.0 Å². The third-order valence-electron chi connectivity index (χ3n) is 9.23. The zero-order chi connectivity index (χ0) is 29.5. The van der Waals surface area contributed by atoms with Crippen molar-refractivity contribution in [1.29, 1.82) is 0 Å². The fourth-order valence-corrected chi connectivity index (χ4v) is 6.67. The molecule has 0 aromatic heterocycles. The lowest BCUT2D eigenvalue weighted by atomic mass is 9.81. The molecule has 2 aliphatic heterocycles. The molecule has 1 saturated heterocycles. The molecule has 2 heterocycles. The van der Waals surface area contributed by atoms with Crippen molar-refractivity contribution in [3.63, 3.8) is 0 Å². The van der Waals surface area contributed by atoms with E-state index in [-0.39, 0.29) is 23.2 Å². The summed E-state index contributed by atoms with van der Waals surface area (Å²) in [6.45, 7) is 9.11. The summed E-state index contributed by atoms with van der Waals surface area (Å²) < 4.78 is 44.9. The van der Waals surface area contributed by atoms with Crippen molar-refractivity contribution in [2.45, 2.75) is 50.5 Å². The minimum Gasteiger partial charge on any atom is -0.493 e. The van der Waals surface area contributed by atoms with Gasteiger partial charge in [0.25, 0.3) is 0 Å². The second kappa shape index (κ2) is 14.0. The maximum absolute atomic E-state index is 13.6. The minimum atomic E-state index is -0.306. The van der Waals surface area contributed by atoms with Crippen molar-refractivity contribution in [1.82, 2.24) is 9.80 Å². The van der Waals surface area contributed by atoms with E-state index in [0.717, 1.165) is 101 Å². The molecule has 5 rings (SSSR count).